The van der Waals surface area contributed by atoms with E-state index in [2.05, 4.69) is 57.7 Å². The molecular weight excluding hydrogens is 412 g/mol. The second-order valence-corrected chi connectivity index (χ2v) is 8.63. The number of nitrogens with zero attached hydrogens (tertiary/aromatic N) is 3. The first-order valence-corrected chi connectivity index (χ1v) is 11.1. The minimum Gasteiger partial charge on any atom is -0.317 e. The summed E-state index contributed by atoms with van der Waals surface area (Å²) in [5, 5.41) is 3.45. The zero-order chi connectivity index (χ0) is 19.5. The molecule has 1 aliphatic heterocycles. The molecule has 0 saturated carbocycles. The molecule has 0 atom stereocenters. The number of hydrogen-bond acceptors (Lipinski definition) is 5. The molecule has 2 aromatic heterocycles. The van der Waals surface area contributed by atoms with Gasteiger partial charge in [-0.2, -0.15) is 0 Å². The van der Waals surface area contributed by atoms with Gasteiger partial charge in [-0.1, -0.05) is 30.3 Å². The molecule has 154 valence electrons. The highest BCUT2D eigenvalue weighted by Gasteiger charge is 2.15. The smallest absolute Gasteiger partial charge is 0.132 e. The van der Waals surface area contributed by atoms with E-state index < -0.39 is 0 Å². The fraction of sp³-hybridized carbons (Fsp3) is 0.292. The summed E-state index contributed by atoms with van der Waals surface area (Å²) in [7, 11) is 0. The number of aromatic nitrogens is 3. The standard InChI is InChI=1S/C24H24N4S.ClH/c1-2-17(12-20(3-1)19-6-9-25-10-7-19)15-24-26-11-8-21(28-24)13-18-4-5-22-23(14-18)29-16-27-22;/h1-5,8,11-12,14,16,19,25H,6-7,9-10,13,15H2;1H. The van der Waals surface area contributed by atoms with E-state index in [1.165, 1.54) is 34.2 Å². The molecule has 0 amide bonds. The topological polar surface area (TPSA) is 50.7 Å². The van der Waals surface area contributed by atoms with Crippen LogP contribution in [0, 0.1) is 0 Å². The number of thiazole rings is 1. The zero-order valence-electron chi connectivity index (χ0n) is 16.8. The summed E-state index contributed by atoms with van der Waals surface area (Å²) >= 11 is 1.68. The fourth-order valence-corrected chi connectivity index (χ4v) is 4.88. The van der Waals surface area contributed by atoms with Crippen molar-refractivity contribution in [2.45, 2.75) is 31.6 Å². The van der Waals surface area contributed by atoms with Crippen LogP contribution in [0.1, 0.15) is 47.0 Å². The number of benzene rings is 2. The predicted octanol–water partition coefficient (Wildman–Crippen LogP) is 5.16. The van der Waals surface area contributed by atoms with Crippen LogP contribution in [0.4, 0.5) is 0 Å². The summed E-state index contributed by atoms with van der Waals surface area (Å²) in [6, 6.07) is 17.5. The Kier molecular flexibility index (Phi) is 6.72. The predicted molar refractivity (Wildman–Crippen MR) is 126 cm³/mol. The van der Waals surface area contributed by atoms with E-state index >= 15 is 0 Å². The maximum Gasteiger partial charge on any atom is 0.132 e. The third-order valence-electron chi connectivity index (χ3n) is 5.67. The number of rotatable bonds is 5. The van der Waals surface area contributed by atoms with Crippen molar-refractivity contribution in [3.63, 3.8) is 0 Å². The van der Waals surface area contributed by atoms with Crippen LogP contribution in [-0.2, 0) is 12.8 Å². The molecule has 30 heavy (non-hydrogen) atoms. The Balaban J connectivity index is 0.00000218. The molecule has 0 bridgehead atoms. The largest absolute Gasteiger partial charge is 0.317 e. The molecule has 1 aliphatic rings. The Hall–Kier alpha value is -2.34. The molecule has 1 N–H and O–H groups in total. The molecule has 5 rings (SSSR count). The highest BCUT2D eigenvalue weighted by molar-refractivity contribution is 7.16. The number of piperidine rings is 1. The van der Waals surface area contributed by atoms with Gasteiger partial charge in [-0.25, -0.2) is 15.0 Å². The van der Waals surface area contributed by atoms with Crippen molar-refractivity contribution in [2.24, 2.45) is 0 Å². The lowest BCUT2D eigenvalue weighted by Crippen LogP contribution is -2.26. The van der Waals surface area contributed by atoms with Crippen molar-refractivity contribution < 1.29 is 0 Å². The Bertz CT molecular complexity index is 1120. The van der Waals surface area contributed by atoms with Gasteiger partial charge in [0, 0.05) is 24.7 Å². The molecule has 1 fully saturated rings. The highest BCUT2D eigenvalue weighted by Crippen LogP contribution is 2.26. The van der Waals surface area contributed by atoms with Gasteiger partial charge in [0.2, 0.25) is 0 Å². The third kappa shape index (κ3) is 4.86. The Morgan fingerprint density at radius 2 is 1.80 bits per heavy atom. The lowest BCUT2D eigenvalue weighted by molar-refractivity contribution is 0.460. The average molecular weight is 437 g/mol. The van der Waals surface area contributed by atoms with E-state index in [4.69, 9.17) is 4.98 Å². The Morgan fingerprint density at radius 3 is 2.70 bits per heavy atom. The summed E-state index contributed by atoms with van der Waals surface area (Å²) < 4.78 is 1.23. The Morgan fingerprint density at radius 1 is 0.933 bits per heavy atom. The molecule has 4 aromatic rings. The number of hydrogen-bond donors (Lipinski definition) is 1. The molecule has 6 heteroatoms. The number of halogens is 1. The van der Waals surface area contributed by atoms with Crippen molar-refractivity contribution >= 4 is 34.0 Å². The van der Waals surface area contributed by atoms with Gasteiger partial charge in [0.25, 0.3) is 0 Å². The van der Waals surface area contributed by atoms with Crippen LogP contribution in [-0.4, -0.2) is 28.0 Å². The summed E-state index contributed by atoms with van der Waals surface area (Å²) in [6.45, 7) is 2.24. The van der Waals surface area contributed by atoms with Crippen LogP contribution in [0.25, 0.3) is 10.2 Å². The van der Waals surface area contributed by atoms with Gasteiger partial charge in [0.05, 0.1) is 15.7 Å². The summed E-state index contributed by atoms with van der Waals surface area (Å²) in [6.07, 6.45) is 5.93. The van der Waals surface area contributed by atoms with Crippen molar-refractivity contribution in [1.82, 2.24) is 20.3 Å². The second-order valence-electron chi connectivity index (χ2n) is 7.74. The fourth-order valence-electron chi connectivity index (χ4n) is 4.14. The van der Waals surface area contributed by atoms with Crippen molar-refractivity contribution in [1.29, 1.82) is 0 Å². The SMILES string of the molecule is Cl.c1cc(Cc2nccc(Cc3ccc4ncsc4c3)n2)cc(C2CCNCC2)c1. The van der Waals surface area contributed by atoms with E-state index in [-0.39, 0.29) is 12.4 Å². The van der Waals surface area contributed by atoms with E-state index in [1.54, 1.807) is 11.3 Å². The first-order chi connectivity index (χ1) is 14.3. The van der Waals surface area contributed by atoms with Crippen LogP contribution in [0.2, 0.25) is 0 Å². The van der Waals surface area contributed by atoms with Crippen LogP contribution in [0.3, 0.4) is 0 Å². The molecule has 1 saturated heterocycles. The normalized spacial score (nSPS) is 14.5. The molecule has 4 nitrogen and oxygen atoms in total. The third-order valence-corrected chi connectivity index (χ3v) is 6.46. The van der Waals surface area contributed by atoms with Gasteiger partial charge in [-0.15, -0.1) is 23.7 Å². The summed E-state index contributed by atoms with van der Waals surface area (Å²) in [5.74, 6) is 1.56. The van der Waals surface area contributed by atoms with Crippen molar-refractivity contribution in [3.05, 3.63) is 88.4 Å². The molecular formula is C24H25ClN4S. The van der Waals surface area contributed by atoms with Crippen molar-refractivity contribution in [3.8, 4) is 0 Å². The molecule has 0 aliphatic carbocycles. The van der Waals surface area contributed by atoms with Gasteiger partial charge in [-0.05, 0) is 66.7 Å². The molecule has 2 aromatic carbocycles. The first-order valence-electron chi connectivity index (χ1n) is 10.3. The molecule has 3 heterocycles. The van der Waals surface area contributed by atoms with E-state index in [9.17, 15) is 0 Å². The van der Waals surface area contributed by atoms with Crippen LogP contribution in [0.5, 0.6) is 0 Å². The quantitative estimate of drug-likeness (QED) is 0.469. The lowest BCUT2D eigenvalue weighted by atomic mass is 9.89. The van der Waals surface area contributed by atoms with E-state index in [1.807, 2.05) is 17.8 Å². The van der Waals surface area contributed by atoms with E-state index in [0.717, 1.165) is 43.0 Å². The van der Waals surface area contributed by atoms with Gasteiger partial charge in [0.1, 0.15) is 5.82 Å². The maximum atomic E-state index is 4.84. The van der Waals surface area contributed by atoms with Gasteiger partial charge in [0.15, 0.2) is 0 Å². The zero-order valence-corrected chi connectivity index (χ0v) is 18.4. The van der Waals surface area contributed by atoms with Crippen LogP contribution >= 0.6 is 23.7 Å². The highest BCUT2D eigenvalue weighted by atomic mass is 35.5. The lowest BCUT2D eigenvalue weighted by Gasteiger charge is -2.23. The van der Waals surface area contributed by atoms with Gasteiger partial charge < -0.3 is 5.32 Å². The Labute approximate surface area is 187 Å². The average Bonchev–Trinajstić information content (AvgIpc) is 3.23. The van der Waals surface area contributed by atoms with Crippen LogP contribution < -0.4 is 5.32 Å². The minimum absolute atomic E-state index is 0. The second kappa shape index (κ2) is 9.65. The minimum atomic E-state index is 0. The van der Waals surface area contributed by atoms with Crippen LogP contribution in [0.15, 0.2) is 60.2 Å². The monoisotopic (exact) mass is 436 g/mol. The summed E-state index contributed by atoms with van der Waals surface area (Å²) in [5.41, 5.74) is 8.04. The molecule has 0 unspecified atom stereocenters. The number of nitrogens with one attached hydrogen (secondary N) is 1. The first kappa shape index (κ1) is 20.9. The van der Waals surface area contributed by atoms with Crippen molar-refractivity contribution in [2.75, 3.05) is 13.1 Å². The van der Waals surface area contributed by atoms with Gasteiger partial charge >= 0.3 is 0 Å². The molecule has 0 radical (unpaired) electrons. The summed E-state index contributed by atoms with van der Waals surface area (Å²) in [4.78, 5) is 13.7. The maximum absolute atomic E-state index is 4.84. The van der Waals surface area contributed by atoms with E-state index in [0.29, 0.717) is 5.92 Å². The number of fused-ring (bicyclic) bond motifs is 1. The van der Waals surface area contributed by atoms with Gasteiger partial charge in [-0.3, -0.25) is 0 Å². The molecule has 0 spiro atoms.